The second-order valence-corrected chi connectivity index (χ2v) is 4.81. The van der Waals surface area contributed by atoms with Crippen LogP contribution in [0.4, 0.5) is 5.82 Å². The minimum absolute atomic E-state index is 0.0369. The first-order valence-corrected chi connectivity index (χ1v) is 6.51. The SMILES string of the molecule is CCOC(C)(CC)C(NC)c1cc(C)cnc1N. The number of nitrogens with zero attached hydrogens (tertiary/aromatic N) is 1. The minimum Gasteiger partial charge on any atom is -0.383 e. The lowest BCUT2D eigenvalue weighted by molar-refractivity contribution is -0.0546. The number of hydrogen-bond acceptors (Lipinski definition) is 4. The molecular formula is C14H25N3O. The van der Waals surface area contributed by atoms with Gasteiger partial charge >= 0.3 is 0 Å². The van der Waals surface area contributed by atoms with Crippen molar-refractivity contribution in [2.75, 3.05) is 19.4 Å². The maximum Gasteiger partial charge on any atom is 0.128 e. The number of hydrogen-bond donors (Lipinski definition) is 2. The highest BCUT2D eigenvalue weighted by Crippen LogP contribution is 2.34. The van der Waals surface area contributed by atoms with Crippen molar-refractivity contribution in [2.24, 2.45) is 0 Å². The van der Waals surface area contributed by atoms with E-state index in [9.17, 15) is 0 Å². The molecule has 0 aromatic carbocycles. The lowest BCUT2D eigenvalue weighted by Crippen LogP contribution is -2.42. The van der Waals surface area contributed by atoms with Crippen LogP contribution in [0.15, 0.2) is 12.3 Å². The Kier molecular flexibility index (Phi) is 5.11. The number of nitrogen functional groups attached to an aromatic ring is 1. The van der Waals surface area contributed by atoms with Crippen molar-refractivity contribution < 1.29 is 4.74 Å². The van der Waals surface area contributed by atoms with Gasteiger partial charge in [0.05, 0.1) is 11.6 Å². The van der Waals surface area contributed by atoms with Gasteiger partial charge in [0.25, 0.3) is 0 Å². The van der Waals surface area contributed by atoms with Gasteiger partial charge < -0.3 is 15.8 Å². The molecule has 0 aliphatic heterocycles. The highest BCUT2D eigenvalue weighted by Gasteiger charge is 2.34. The smallest absolute Gasteiger partial charge is 0.128 e. The van der Waals surface area contributed by atoms with E-state index in [0.29, 0.717) is 12.4 Å². The molecule has 2 atom stereocenters. The Morgan fingerprint density at radius 2 is 2.17 bits per heavy atom. The highest BCUT2D eigenvalue weighted by molar-refractivity contribution is 5.44. The monoisotopic (exact) mass is 251 g/mol. The van der Waals surface area contributed by atoms with Crippen LogP contribution in [0, 0.1) is 6.92 Å². The molecule has 102 valence electrons. The fraction of sp³-hybridized carbons (Fsp3) is 0.643. The number of rotatable bonds is 6. The van der Waals surface area contributed by atoms with E-state index in [-0.39, 0.29) is 11.6 Å². The summed E-state index contributed by atoms with van der Waals surface area (Å²) >= 11 is 0. The lowest BCUT2D eigenvalue weighted by atomic mass is 9.87. The normalized spacial score (nSPS) is 16.3. The number of anilines is 1. The molecule has 1 aromatic heterocycles. The van der Waals surface area contributed by atoms with E-state index in [4.69, 9.17) is 10.5 Å². The third-order valence-electron chi connectivity index (χ3n) is 3.47. The molecule has 0 saturated heterocycles. The molecule has 0 amide bonds. The van der Waals surface area contributed by atoms with Gasteiger partial charge in [0.1, 0.15) is 5.82 Å². The number of ether oxygens (including phenoxy) is 1. The van der Waals surface area contributed by atoms with Crippen LogP contribution < -0.4 is 11.1 Å². The van der Waals surface area contributed by atoms with Crippen molar-refractivity contribution in [3.8, 4) is 0 Å². The zero-order valence-electron chi connectivity index (χ0n) is 12.1. The van der Waals surface area contributed by atoms with E-state index in [1.54, 1.807) is 6.20 Å². The van der Waals surface area contributed by atoms with E-state index < -0.39 is 0 Å². The third kappa shape index (κ3) is 3.00. The fourth-order valence-corrected chi connectivity index (χ4v) is 2.34. The van der Waals surface area contributed by atoms with Crippen LogP contribution in [-0.4, -0.2) is 24.2 Å². The van der Waals surface area contributed by atoms with Gasteiger partial charge in [-0.05, 0) is 45.9 Å². The molecule has 1 rings (SSSR count). The maximum atomic E-state index is 6.01. The van der Waals surface area contributed by atoms with Gasteiger partial charge in [-0.1, -0.05) is 6.92 Å². The van der Waals surface area contributed by atoms with Gasteiger partial charge in [0.2, 0.25) is 0 Å². The predicted molar refractivity (Wildman–Crippen MR) is 75.5 cm³/mol. The summed E-state index contributed by atoms with van der Waals surface area (Å²) in [6, 6.07) is 2.12. The Morgan fingerprint density at radius 3 is 2.67 bits per heavy atom. The van der Waals surface area contributed by atoms with E-state index in [1.807, 2.05) is 20.9 Å². The van der Waals surface area contributed by atoms with Crippen LogP contribution in [0.2, 0.25) is 0 Å². The number of pyridine rings is 1. The largest absolute Gasteiger partial charge is 0.383 e. The summed E-state index contributed by atoms with van der Waals surface area (Å²) in [5.41, 5.74) is 7.84. The lowest BCUT2D eigenvalue weighted by Gasteiger charge is -2.37. The predicted octanol–water partition coefficient (Wildman–Crippen LogP) is 2.44. The average molecular weight is 251 g/mol. The minimum atomic E-state index is -0.285. The van der Waals surface area contributed by atoms with Crippen LogP contribution in [0.3, 0.4) is 0 Å². The summed E-state index contributed by atoms with van der Waals surface area (Å²) in [4.78, 5) is 4.24. The van der Waals surface area contributed by atoms with Gasteiger partial charge in [-0.2, -0.15) is 0 Å². The Labute approximate surface area is 110 Å². The summed E-state index contributed by atoms with van der Waals surface area (Å²) < 4.78 is 5.94. The van der Waals surface area contributed by atoms with Crippen LogP contribution in [0.5, 0.6) is 0 Å². The Bertz CT molecular complexity index is 395. The van der Waals surface area contributed by atoms with Crippen LogP contribution in [0.25, 0.3) is 0 Å². The van der Waals surface area contributed by atoms with E-state index in [0.717, 1.165) is 17.5 Å². The van der Waals surface area contributed by atoms with Gasteiger partial charge in [-0.25, -0.2) is 4.98 Å². The molecule has 4 nitrogen and oxygen atoms in total. The van der Waals surface area contributed by atoms with Crippen LogP contribution in [-0.2, 0) is 4.74 Å². The molecule has 4 heteroatoms. The molecule has 0 aliphatic rings. The average Bonchev–Trinajstić information content (AvgIpc) is 2.34. The van der Waals surface area contributed by atoms with Crippen molar-refractivity contribution in [1.82, 2.24) is 10.3 Å². The molecule has 2 unspecified atom stereocenters. The molecule has 3 N–H and O–H groups in total. The number of nitrogens with two attached hydrogens (primary N) is 1. The van der Waals surface area contributed by atoms with Gasteiger partial charge in [-0.3, -0.25) is 0 Å². The molecule has 0 bridgehead atoms. The first-order valence-electron chi connectivity index (χ1n) is 6.51. The summed E-state index contributed by atoms with van der Waals surface area (Å²) in [6.45, 7) is 8.95. The molecule has 0 saturated carbocycles. The van der Waals surface area contributed by atoms with Crippen LogP contribution in [0.1, 0.15) is 44.4 Å². The molecule has 18 heavy (non-hydrogen) atoms. The second-order valence-electron chi connectivity index (χ2n) is 4.81. The van der Waals surface area contributed by atoms with E-state index in [2.05, 4.69) is 30.2 Å². The fourth-order valence-electron chi connectivity index (χ4n) is 2.34. The quantitative estimate of drug-likeness (QED) is 0.815. The third-order valence-corrected chi connectivity index (χ3v) is 3.47. The molecule has 0 aliphatic carbocycles. The molecule has 0 radical (unpaired) electrons. The standard InChI is InChI=1S/C14H25N3O/c1-6-14(4,18-7-2)12(16-5)11-8-10(3)9-17-13(11)15/h8-9,12,16H,6-7H2,1-5H3,(H2,15,17). The Hall–Kier alpha value is -1.13. The Morgan fingerprint density at radius 1 is 1.50 bits per heavy atom. The first kappa shape index (κ1) is 14.9. The summed E-state index contributed by atoms with van der Waals surface area (Å²) in [5.74, 6) is 0.569. The number of aryl methyl sites for hydroxylation is 1. The molecule has 1 aromatic rings. The van der Waals surface area contributed by atoms with Crippen molar-refractivity contribution in [3.05, 3.63) is 23.4 Å². The molecule has 0 spiro atoms. The van der Waals surface area contributed by atoms with Crippen molar-refractivity contribution >= 4 is 5.82 Å². The number of likely N-dealkylation sites (N-methyl/N-ethyl adjacent to an activating group) is 1. The first-order chi connectivity index (χ1) is 8.48. The second kappa shape index (κ2) is 6.16. The molecule has 0 fully saturated rings. The summed E-state index contributed by atoms with van der Waals surface area (Å²) in [6.07, 6.45) is 2.69. The topological polar surface area (TPSA) is 60.2 Å². The number of aromatic nitrogens is 1. The summed E-state index contributed by atoms with van der Waals surface area (Å²) in [7, 11) is 1.93. The molecule has 1 heterocycles. The number of nitrogens with one attached hydrogen (secondary N) is 1. The van der Waals surface area contributed by atoms with Gasteiger partial charge in [0, 0.05) is 18.4 Å². The van der Waals surface area contributed by atoms with Crippen molar-refractivity contribution in [2.45, 2.75) is 45.8 Å². The van der Waals surface area contributed by atoms with Crippen molar-refractivity contribution in [1.29, 1.82) is 0 Å². The van der Waals surface area contributed by atoms with E-state index >= 15 is 0 Å². The maximum absolute atomic E-state index is 6.01. The van der Waals surface area contributed by atoms with Gasteiger partial charge in [-0.15, -0.1) is 0 Å². The van der Waals surface area contributed by atoms with E-state index in [1.165, 1.54) is 0 Å². The zero-order chi connectivity index (χ0) is 13.8. The summed E-state index contributed by atoms with van der Waals surface area (Å²) in [5, 5.41) is 3.32. The van der Waals surface area contributed by atoms with Crippen LogP contribution >= 0.6 is 0 Å². The Balaban J connectivity index is 3.19. The van der Waals surface area contributed by atoms with Gasteiger partial charge in [0.15, 0.2) is 0 Å². The highest BCUT2D eigenvalue weighted by atomic mass is 16.5. The van der Waals surface area contributed by atoms with Crippen molar-refractivity contribution in [3.63, 3.8) is 0 Å². The molecular weight excluding hydrogens is 226 g/mol. The zero-order valence-corrected chi connectivity index (χ0v) is 12.1.